The predicted octanol–water partition coefficient (Wildman–Crippen LogP) is 19.3. The Labute approximate surface area is 509 Å². The molecule has 1 fully saturated rings. The van der Waals surface area contributed by atoms with E-state index in [1.54, 1.807) is 7.11 Å². The van der Waals surface area contributed by atoms with Crippen molar-refractivity contribution in [3.8, 4) is 5.75 Å². The van der Waals surface area contributed by atoms with Gasteiger partial charge in [0.1, 0.15) is 11.4 Å². The van der Waals surface area contributed by atoms with Crippen LogP contribution in [0.4, 0.5) is 0 Å². The molecule has 0 bridgehead atoms. The minimum atomic E-state index is -2.27. The highest BCUT2D eigenvalue weighted by molar-refractivity contribution is 6.75. The van der Waals surface area contributed by atoms with Crippen molar-refractivity contribution in [2.75, 3.05) is 20.3 Å². The van der Waals surface area contributed by atoms with E-state index in [1.807, 2.05) is 24.3 Å². The number of benzene rings is 4. The second kappa shape index (κ2) is 30.0. The Hall–Kier alpha value is -3.47. The van der Waals surface area contributed by atoms with Crippen LogP contribution in [-0.4, -0.2) is 80.9 Å². The van der Waals surface area contributed by atoms with Gasteiger partial charge in [0, 0.05) is 36.3 Å². The van der Waals surface area contributed by atoms with Gasteiger partial charge in [-0.1, -0.05) is 218 Å². The minimum absolute atomic E-state index is 0.0107. The molecule has 1 aliphatic heterocycles. The number of aliphatic hydroxyl groups is 1. The first-order valence-corrected chi connectivity index (χ1v) is 40.2. The summed E-state index contributed by atoms with van der Waals surface area (Å²) in [5.74, 6) is 1.39. The Bertz CT molecular complexity index is 2480. The monoisotopic (exact) mass is 1190 g/mol. The van der Waals surface area contributed by atoms with E-state index < -0.39 is 42.9 Å². The first-order chi connectivity index (χ1) is 38.6. The van der Waals surface area contributed by atoms with Crippen LogP contribution in [0.15, 0.2) is 139 Å². The molecule has 0 saturated carbocycles. The summed E-state index contributed by atoms with van der Waals surface area (Å²) >= 11 is 0. The largest absolute Gasteiger partial charge is 0.497 e. The van der Waals surface area contributed by atoms with Crippen molar-refractivity contribution in [3.05, 3.63) is 161 Å². The highest BCUT2D eigenvalue weighted by atomic mass is 28.4. The molecular formula is C72H114O8Si3. The third-order valence-electron chi connectivity index (χ3n) is 19.4. The number of hydrogen-bond acceptors (Lipinski definition) is 8. The molecule has 1 saturated heterocycles. The zero-order chi connectivity index (χ0) is 61.8. The quantitative estimate of drug-likeness (QED) is 0.0249. The van der Waals surface area contributed by atoms with Gasteiger partial charge in [0.15, 0.2) is 31.2 Å². The van der Waals surface area contributed by atoms with Crippen molar-refractivity contribution >= 4 is 25.0 Å². The van der Waals surface area contributed by atoms with E-state index in [0.29, 0.717) is 19.6 Å². The van der Waals surface area contributed by atoms with Crippen molar-refractivity contribution in [2.45, 2.75) is 233 Å². The summed E-state index contributed by atoms with van der Waals surface area (Å²) in [5.41, 5.74) is 4.77. The number of rotatable bonds is 29. The van der Waals surface area contributed by atoms with E-state index in [2.05, 4.69) is 252 Å². The molecule has 5 rings (SSSR count). The van der Waals surface area contributed by atoms with Gasteiger partial charge in [0.25, 0.3) is 0 Å². The maximum Gasteiger partial charge on any atom is 0.192 e. The summed E-state index contributed by atoms with van der Waals surface area (Å²) in [6.07, 6.45) is 9.80. The Morgan fingerprint density at radius 2 is 1.12 bits per heavy atom. The fourth-order valence-electron chi connectivity index (χ4n) is 10.8. The highest BCUT2D eigenvalue weighted by Gasteiger charge is 2.45. The maximum absolute atomic E-state index is 11.8. The van der Waals surface area contributed by atoms with Gasteiger partial charge in [0.05, 0.1) is 44.2 Å². The fraction of sp³-hybridized carbons (Fsp3) is 0.611. The fourth-order valence-corrected chi connectivity index (χ4v) is 14.9. The lowest BCUT2D eigenvalue weighted by molar-refractivity contribution is -0.256. The topological polar surface area (TPSA) is 84.8 Å². The van der Waals surface area contributed by atoms with E-state index >= 15 is 0 Å². The van der Waals surface area contributed by atoms with E-state index in [4.69, 9.17) is 32.2 Å². The molecule has 1 unspecified atom stereocenters. The Morgan fingerprint density at radius 3 is 1.60 bits per heavy atom. The molecule has 1 N–H and O–H groups in total. The lowest BCUT2D eigenvalue weighted by Crippen LogP contribution is -2.48. The predicted molar refractivity (Wildman–Crippen MR) is 356 cm³/mol. The lowest BCUT2D eigenvalue weighted by atomic mass is 9.80. The Kier molecular flexibility index (Phi) is 25.4. The summed E-state index contributed by atoms with van der Waals surface area (Å²) in [7, 11) is -5.09. The molecule has 4 aromatic carbocycles. The van der Waals surface area contributed by atoms with Crippen LogP contribution in [-0.2, 0) is 33.1 Å². The van der Waals surface area contributed by atoms with Crippen LogP contribution >= 0.6 is 0 Å². The molecule has 4 aromatic rings. The molecule has 11 atom stereocenters. The number of ether oxygens (including phenoxy) is 4. The first kappa shape index (κ1) is 70.3. The molecule has 462 valence electrons. The third-order valence-corrected chi connectivity index (χ3v) is 32.8. The summed E-state index contributed by atoms with van der Waals surface area (Å²) in [4.78, 5) is 0. The van der Waals surface area contributed by atoms with E-state index in [0.717, 1.165) is 53.7 Å². The van der Waals surface area contributed by atoms with Gasteiger partial charge < -0.3 is 37.3 Å². The molecule has 8 nitrogen and oxygen atoms in total. The van der Waals surface area contributed by atoms with Gasteiger partial charge >= 0.3 is 0 Å². The number of hydrogen-bond donors (Lipinski definition) is 1. The van der Waals surface area contributed by atoms with Crippen molar-refractivity contribution < 1.29 is 37.3 Å². The van der Waals surface area contributed by atoms with E-state index in [-0.39, 0.29) is 69.1 Å². The van der Waals surface area contributed by atoms with E-state index in [1.165, 1.54) is 5.57 Å². The molecular weight excluding hydrogens is 1080 g/mol. The van der Waals surface area contributed by atoms with Gasteiger partial charge in [-0.3, -0.25) is 0 Å². The lowest BCUT2D eigenvalue weighted by Gasteiger charge is -2.43. The summed E-state index contributed by atoms with van der Waals surface area (Å²) in [6.45, 7) is 50.0. The van der Waals surface area contributed by atoms with Crippen molar-refractivity contribution in [1.29, 1.82) is 0 Å². The van der Waals surface area contributed by atoms with Crippen LogP contribution in [0.2, 0.25) is 54.4 Å². The van der Waals surface area contributed by atoms with Crippen LogP contribution in [0.3, 0.4) is 0 Å². The van der Waals surface area contributed by atoms with Crippen molar-refractivity contribution in [1.82, 2.24) is 0 Å². The van der Waals surface area contributed by atoms with Crippen LogP contribution in [0.25, 0.3) is 0 Å². The van der Waals surface area contributed by atoms with Gasteiger partial charge in [0.2, 0.25) is 0 Å². The van der Waals surface area contributed by atoms with Crippen molar-refractivity contribution in [3.63, 3.8) is 0 Å². The summed E-state index contributed by atoms with van der Waals surface area (Å²) in [5, 5.41) is 11.8. The third kappa shape index (κ3) is 19.0. The second-order valence-electron chi connectivity index (χ2n) is 29.3. The van der Waals surface area contributed by atoms with Gasteiger partial charge in [-0.05, 0) is 133 Å². The Balaban J connectivity index is 1.40. The molecule has 83 heavy (non-hydrogen) atoms. The molecule has 0 aliphatic carbocycles. The molecule has 1 heterocycles. The average Bonchev–Trinajstić information content (AvgIpc) is 3.48. The zero-order valence-electron chi connectivity index (χ0n) is 55.8. The van der Waals surface area contributed by atoms with Crippen LogP contribution in [0.5, 0.6) is 5.75 Å². The van der Waals surface area contributed by atoms with Crippen LogP contribution in [0, 0.1) is 29.6 Å². The second-order valence-corrected chi connectivity index (χ2v) is 43.5. The minimum Gasteiger partial charge on any atom is -0.497 e. The molecule has 0 radical (unpaired) electrons. The van der Waals surface area contributed by atoms with Gasteiger partial charge in [-0.2, -0.15) is 0 Å². The van der Waals surface area contributed by atoms with Crippen molar-refractivity contribution in [2.24, 2.45) is 29.6 Å². The maximum atomic E-state index is 11.8. The van der Waals surface area contributed by atoms with Crippen LogP contribution in [0.1, 0.15) is 165 Å². The average molecular weight is 1190 g/mol. The highest BCUT2D eigenvalue weighted by Crippen LogP contribution is 2.45. The molecule has 0 aromatic heterocycles. The summed E-state index contributed by atoms with van der Waals surface area (Å²) < 4.78 is 48.1. The van der Waals surface area contributed by atoms with Crippen LogP contribution < -0.4 is 4.74 Å². The standard InChI is InChI=1S/C72H114O8Si3/c1-52(40-47-64(73)57(6)67-56(5)51-75-68(77-67)58-42-45-62(74-16)46-43-58)49-55(4)66(80-83(21,22)71(13,14)15)54(3)41-44-63(78-81(17,18)69(7,8)9)50-65(79-82(19,20)70(10,11)12)53(2)33-32-48-76-72(59-34-26-23-27-35-59,60-36-28-24-29-37-60)61-38-30-25-31-39-61/h23-31,34-39,41-46,49,52-54,56-57,63-68,73H,32-33,40,47-48,50-51H2,1-22H3/b44-41-,55-49?/t52-,53+,54-,56-,57-,63+,64+,65-,66+,67-,68?/m0/s1. The normalized spacial score (nSPS) is 20.3. The smallest absolute Gasteiger partial charge is 0.192 e. The molecule has 0 amide bonds. The summed E-state index contributed by atoms with van der Waals surface area (Å²) in [6, 6.07) is 39.9. The number of aliphatic hydroxyl groups excluding tert-OH is 1. The zero-order valence-corrected chi connectivity index (χ0v) is 58.8. The van der Waals surface area contributed by atoms with Gasteiger partial charge in [-0.15, -0.1) is 0 Å². The van der Waals surface area contributed by atoms with E-state index in [9.17, 15) is 5.11 Å². The molecule has 0 spiro atoms. The number of allylic oxidation sites excluding steroid dienone is 1. The first-order valence-electron chi connectivity index (χ1n) is 31.4. The molecule has 1 aliphatic rings. The SMILES string of the molecule is COc1ccc(C2OC[C@H](C)[C@@H]([C@@H](C)[C@H](O)CC[C@H](C)C=C(C)[C@H](O[Si](C)(C)C(C)(C)C)[C@@H](C)/C=C\[C@H](C[C@H](O[Si](C)(C)C(C)(C)C)[C@H](C)CCCOC(c3ccccc3)(c3ccccc3)c3ccccc3)O[Si](C)(C)C(C)(C)C)O2)cc1. The number of methoxy groups -OCH3 is 1. The Morgan fingerprint density at radius 1 is 0.639 bits per heavy atom. The molecule has 11 heteroatoms. The van der Waals surface area contributed by atoms with Gasteiger partial charge in [-0.25, -0.2) is 0 Å².